The monoisotopic (exact) mass is 351 g/mol. The summed E-state index contributed by atoms with van der Waals surface area (Å²) in [5.41, 5.74) is 2.13. The minimum atomic E-state index is -0.140. The fraction of sp³-hybridized carbons (Fsp3) is 0.500. The first kappa shape index (κ1) is 16.5. The van der Waals surface area contributed by atoms with Crippen LogP contribution in [0.3, 0.4) is 0 Å². The number of pyridine rings is 1. The van der Waals surface area contributed by atoms with Crippen molar-refractivity contribution < 1.29 is 4.79 Å². The maximum Gasteiger partial charge on any atom is 0.271 e. The van der Waals surface area contributed by atoms with Crippen LogP contribution in [-0.4, -0.2) is 44.5 Å². The van der Waals surface area contributed by atoms with Gasteiger partial charge in [-0.1, -0.05) is 5.21 Å². The van der Waals surface area contributed by atoms with E-state index in [1.54, 1.807) is 13.2 Å². The van der Waals surface area contributed by atoms with Crippen molar-refractivity contribution >= 4 is 11.7 Å². The summed E-state index contributed by atoms with van der Waals surface area (Å²) in [7, 11) is 1.71. The molecular formula is C18H21N7O. The molecule has 0 aromatic carbocycles. The van der Waals surface area contributed by atoms with Crippen LogP contribution in [0.4, 0.5) is 5.82 Å². The zero-order valence-corrected chi connectivity index (χ0v) is 14.9. The van der Waals surface area contributed by atoms with Gasteiger partial charge < -0.3 is 10.2 Å². The molecule has 4 rings (SSSR count). The molecule has 2 aromatic heterocycles. The van der Waals surface area contributed by atoms with Gasteiger partial charge in [-0.15, -0.1) is 5.10 Å². The molecule has 1 aliphatic heterocycles. The summed E-state index contributed by atoms with van der Waals surface area (Å²) < 4.78 is 1.48. The van der Waals surface area contributed by atoms with Gasteiger partial charge in [0.25, 0.3) is 5.91 Å². The fourth-order valence-corrected chi connectivity index (χ4v) is 4.05. The predicted octanol–water partition coefficient (Wildman–Crippen LogP) is 1.18. The highest BCUT2D eigenvalue weighted by Crippen LogP contribution is 2.54. The van der Waals surface area contributed by atoms with E-state index in [4.69, 9.17) is 5.26 Å². The molecule has 8 nitrogen and oxygen atoms in total. The van der Waals surface area contributed by atoms with Crippen LogP contribution in [0.5, 0.6) is 0 Å². The molecule has 1 amide bonds. The largest absolute Gasteiger partial charge is 0.351 e. The lowest BCUT2D eigenvalue weighted by Crippen LogP contribution is -2.40. The first-order chi connectivity index (χ1) is 12.5. The molecule has 1 spiro atoms. The molecule has 2 aliphatic rings. The lowest BCUT2D eigenvalue weighted by molar-refractivity contribution is 0.0936. The number of amides is 1. The molecule has 1 aliphatic carbocycles. The zero-order chi connectivity index (χ0) is 18.3. The molecule has 1 unspecified atom stereocenters. The second-order valence-electron chi connectivity index (χ2n) is 7.16. The Morgan fingerprint density at radius 1 is 1.46 bits per heavy atom. The molecule has 2 fully saturated rings. The van der Waals surface area contributed by atoms with E-state index in [2.05, 4.69) is 31.6 Å². The van der Waals surface area contributed by atoms with Gasteiger partial charge in [0.15, 0.2) is 0 Å². The van der Waals surface area contributed by atoms with E-state index in [0.29, 0.717) is 23.7 Å². The number of nitrogens with zero attached hydrogens (tertiary/aromatic N) is 6. The van der Waals surface area contributed by atoms with E-state index >= 15 is 0 Å². The maximum absolute atomic E-state index is 12.3. The minimum absolute atomic E-state index is 0.0889. The van der Waals surface area contributed by atoms with Crippen LogP contribution in [-0.2, 0) is 7.05 Å². The molecule has 3 heterocycles. The first-order valence-corrected chi connectivity index (χ1v) is 8.82. The van der Waals surface area contributed by atoms with Gasteiger partial charge in [-0.05, 0) is 37.8 Å². The standard InChI is InChI=1S/C18H21N7O/c1-12-7-16(20-9-13(12)8-19)25-6-3-14(18(25)4-5-18)10-21-17(26)15-11-22-23-24(15)2/h7,9,11,14H,3-6,10H2,1-2H3,(H,21,26). The van der Waals surface area contributed by atoms with Crippen LogP contribution in [0.25, 0.3) is 0 Å². The van der Waals surface area contributed by atoms with Crippen LogP contribution in [0.1, 0.15) is 40.9 Å². The molecule has 26 heavy (non-hydrogen) atoms. The third-order valence-corrected chi connectivity index (χ3v) is 5.71. The second kappa shape index (κ2) is 6.09. The Kier molecular flexibility index (Phi) is 3.87. The molecule has 1 atom stereocenters. The number of aromatic nitrogens is 4. The number of rotatable bonds is 4. The summed E-state index contributed by atoms with van der Waals surface area (Å²) in [5.74, 6) is 1.19. The van der Waals surface area contributed by atoms with Gasteiger partial charge in [0, 0.05) is 37.8 Å². The van der Waals surface area contributed by atoms with E-state index in [1.165, 1.54) is 10.9 Å². The Bertz CT molecular complexity index is 893. The molecule has 8 heteroatoms. The van der Waals surface area contributed by atoms with Crippen molar-refractivity contribution in [1.29, 1.82) is 5.26 Å². The number of carbonyl (C=O) groups is 1. The molecule has 1 saturated heterocycles. The van der Waals surface area contributed by atoms with Gasteiger partial charge in [-0.2, -0.15) is 5.26 Å². The smallest absolute Gasteiger partial charge is 0.271 e. The highest BCUT2D eigenvalue weighted by atomic mass is 16.2. The average Bonchev–Trinajstić information content (AvgIpc) is 3.16. The van der Waals surface area contributed by atoms with Gasteiger partial charge in [0.05, 0.1) is 11.8 Å². The van der Waals surface area contributed by atoms with Crippen LogP contribution in [0.15, 0.2) is 18.5 Å². The van der Waals surface area contributed by atoms with E-state index < -0.39 is 0 Å². The first-order valence-electron chi connectivity index (χ1n) is 8.82. The zero-order valence-electron chi connectivity index (χ0n) is 14.9. The van der Waals surface area contributed by atoms with Crippen LogP contribution in [0.2, 0.25) is 0 Å². The number of nitrogens with one attached hydrogen (secondary N) is 1. The Balaban J connectivity index is 1.46. The lowest BCUT2D eigenvalue weighted by Gasteiger charge is -2.29. The van der Waals surface area contributed by atoms with Gasteiger partial charge >= 0.3 is 0 Å². The Labute approximate surface area is 151 Å². The maximum atomic E-state index is 12.3. The third kappa shape index (κ3) is 2.60. The summed E-state index contributed by atoms with van der Waals surface area (Å²) in [5, 5.41) is 19.7. The van der Waals surface area contributed by atoms with E-state index in [1.807, 2.05) is 13.0 Å². The molecule has 0 radical (unpaired) electrons. The second-order valence-corrected chi connectivity index (χ2v) is 7.16. The third-order valence-electron chi connectivity index (χ3n) is 5.71. The van der Waals surface area contributed by atoms with Crippen molar-refractivity contribution in [2.45, 2.75) is 31.7 Å². The number of anilines is 1. The molecule has 0 bridgehead atoms. The number of aryl methyl sites for hydroxylation is 2. The average molecular weight is 351 g/mol. The van der Waals surface area contributed by atoms with Gasteiger partial charge in [-0.3, -0.25) is 4.79 Å². The summed E-state index contributed by atoms with van der Waals surface area (Å²) >= 11 is 0. The van der Waals surface area contributed by atoms with Crippen LogP contribution >= 0.6 is 0 Å². The van der Waals surface area contributed by atoms with Gasteiger partial charge in [-0.25, -0.2) is 9.67 Å². The van der Waals surface area contributed by atoms with E-state index in [0.717, 1.165) is 37.2 Å². The SMILES string of the molecule is Cc1cc(N2CCC(CNC(=O)c3cnnn3C)C23CC3)ncc1C#N. The van der Waals surface area contributed by atoms with Crippen molar-refractivity contribution in [2.24, 2.45) is 13.0 Å². The Hall–Kier alpha value is -2.95. The van der Waals surface area contributed by atoms with Crippen LogP contribution in [0, 0.1) is 24.2 Å². The normalized spacial score (nSPS) is 20.2. The highest BCUT2D eigenvalue weighted by Gasteiger charge is 2.57. The molecule has 1 N–H and O–H groups in total. The predicted molar refractivity (Wildman–Crippen MR) is 94.4 cm³/mol. The van der Waals surface area contributed by atoms with Crippen molar-refractivity contribution in [2.75, 3.05) is 18.0 Å². The van der Waals surface area contributed by atoms with Crippen molar-refractivity contribution in [3.8, 4) is 6.07 Å². The van der Waals surface area contributed by atoms with E-state index in [-0.39, 0.29) is 11.4 Å². The van der Waals surface area contributed by atoms with Gasteiger partial charge in [0.2, 0.25) is 0 Å². The Morgan fingerprint density at radius 2 is 2.27 bits per heavy atom. The fourth-order valence-electron chi connectivity index (χ4n) is 4.05. The van der Waals surface area contributed by atoms with Gasteiger partial charge in [0.1, 0.15) is 17.6 Å². The number of hydrogen-bond donors (Lipinski definition) is 1. The molecule has 1 saturated carbocycles. The Morgan fingerprint density at radius 3 is 2.88 bits per heavy atom. The topological polar surface area (TPSA) is 99.7 Å². The quantitative estimate of drug-likeness (QED) is 0.888. The number of nitriles is 1. The summed E-state index contributed by atoms with van der Waals surface area (Å²) in [6, 6.07) is 4.17. The molecule has 2 aromatic rings. The number of carbonyl (C=O) groups excluding carboxylic acids is 1. The lowest BCUT2D eigenvalue weighted by atomic mass is 9.97. The molecular weight excluding hydrogens is 330 g/mol. The summed E-state index contributed by atoms with van der Waals surface area (Å²) in [6.07, 6.45) is 6.38. The van der Waals surface area contributed by atoms with Crippen molar-refractivity contribution in [3.05, 3.63) is 35.3 Å². The van der Waals surface area contributed by atoms with Crippen molar-refractivity contribution in [1.82, 2.24) is 25.3 Å². The van der Waals surface area contributed by atoms with Crippen molar-refractivity contribution in [3.63, 3.8) is 0 Å². The highest BCUT2D eigenvalue weighted by molar-refractivity contribution is 5.92. The summed E-state index contributed by atoms with van der Waals surface area (Å²) in [6.45, 7) is 3.50. The molecule has 134 valence electrons. The minimum Gasteiger partial charge on any atom is -0.351 e. The van der Waals surface area contributed by atoms with E-state index in [9.17, 15) is 4.79 Å². The van der Waals surface area contributed by atoms with Crippen LogP contribution < -0.4 is 10.2 Å². The number of hydrogen-bond acceptors (Lipinski definition) is 6. The summed E-state index contributed by atoms with van der Waals surface area (Å²) in [4.78, 5) is 19.2.